The van der Waals surface area contributed by atoms with Crippen LogP contribution in [0.4, 0.5) is 0 Å². The molecule has 6 heteroatoms. The van der Waals surface area contributed by atoms with Gasteiger partial charge in [0.2, 0.25) is 0 Å². The summed E-state index contributed by atoms with van der Waals surface area (Å²) in [7, 11) is 0. The van der Waals surface area contributed by atoms with Crippen LogP contribution in [0.2, 0.25) is 0 Å². The molecule has 3 N–H and O–H groups in total. The summed E-state index contributed by atoms with van der Waals surface area (Å²) in [5, 5.41) is 27.6. The van der Waals surface area contributed by atoms with Gasteiger partial charge < -0.3 is 15.3 Å². The molecule has 0 spiro atoms. The summed E-state index contributed by atoms with van der Waals surface area (Å²) in [4.78, 5) is 33.8. The van der Waals surface area contributed by atoms with E-state index in [2.05, 4.69) is 0 Å². The monoisotopic (exact) mass is 314 g/mol. The van der Waals surface area contributed by atoms with Crippen molar-refractivity contribution in [3.05, 3.63) is 70.3 Å². The maximum atomic E-state index is 11.4. The summed E-state index contributed by atoms with van der Waals surface area (Å²) >= 11 is 0. The van der Waals surface area contributed by atoms with Crippen LogP contribution in [0, 0.1) is 0 Å². The Morgan fingerprint density at radius 1 is 0.739 bits per heavy atom. The summed E-state index contributed by atoms with van der Waals surface area (Å²) < 4.78 is 0. The molecule has 0 amide bonds. The van der Waals surface area contributed by atoms with Crippen molar-refractivity contribution in [1.82, 2.24) is 0 Å². The number of aryl methyl sites for hydroxylation is 1. The Hall–Kier alpha value is -3.15. The van der Waals surface area contributed by atoms with Gasteiger partial charge in [0.1, 0.15) is 0 Å². The van der Waals surface area contributed by atoms with Gasteiger partial charge in [-0.3, -0.25) is 0 Å². The topological polar surface area (TPSA) is 112 Å². The van der Waals surface area contributed by atoms with Crippen LogP contribution in [0.3, 0.4) is 0 Å². The number of benzene rings is 2. The van der Waals surface area contributed by atoms with Crippen molar-refractivity contribution in [3.8, 4) is 0 Å². The van der Waals surface area contributed by atoms with Crippen LogP contribution in [-0.2, 0) is 12.8 Å². The average molecular weight is 314 g/mol. The molecule has 0 aliphatic heterocycles. The first-order valence-electron chi connectivity index (χ1n) is 6.81. The molecule has 0 radical (unpaired) electrons. The quantitative estimate of drug-likeness (QED) is 0.755. The Morgan fingerprint density at radius 3 is 1.70 bits per heavy atom. The molecule has 0 saturated heterocycles. The first-order chi connectivity index (χ1) is 10.9. The van der Waals surface area contributed by atoms with Crippen LogP contribution in [0.15, 0.2) is 42.5 Å². The van der Waals surface area contributed by atoms with Crippen molar-refractivity contribution < 1.29 is 29.7 Å². The lowest BCUT2D eigenvalue weighted by Crippen LogP contribution is -2.14. The highest BCUT2D eigenvalue weighted by atomic mass is 16.4. The number of carboxylic acid groups (broad SMARTS) is 3. The molecule has 0 atom stereocenters. The third kappa shape index (κ3) is 3.74. The Kier molecular flexibility index (Phi) is 4.75. The number of carbonyl (C=O) groups is 3. The molecule has 2 rings (SSSR count). The van der Waals surface area contributed by atoms with E-state index in [1.165, 1.54) is 0 Å². The Labute approximate surface area is 131 Å². The Morgan fingerprint density at radius 2 is 1.26 bits per heavy atom. The average Bonchev–Trinajstić information content (AvgIpc) is 2.52. The molecule has 0 bridgehead atoms. The molecule has 2 aromatic rings. The van der Waals surface area contributed by atoms with E-state index in [0.29, 0.717) is 6.42 Å². The van der Waals surface area contributed by atoms with Crippen LogP contribution >= 0.6 is 0 Å². The SMILES string of the molecule is O=C(O)c1cc(C(=O)O)c(CCc2ccccc2)c(C(=O)O)c1. The summed E-state index contributed by atoms with van der Waals surface area (Å²) in [5.41, 5.74) is 0.112. The lowest BCUT2D eigenvalue weighted by Gasteiger charge is -2.11. The summed E-state index contributed by atoms with van der Waals surface area (Å²) in [5.74, 6) is -4.07. The minimum absolute atomic E-state index is 0.124. The first-order valence-corrected chi connectivity index (χ1v) is 6.81. The van der Waals surface area contributed by atoms with Gasteiger partial charge in [0, 0.05) is 0 Å². The van der Waals surface area contributed by atoms with E-state index >= 15 is 0 Å². The normalized spacial score (nSPS) is 10.3. The summed E-state index contributed by atoms with van der Waals surface area (Å²) in [6.07, 6.45) is 0.640. The van der Waals surface area contributed by atoms with E-state index in [1.54, 1.807) is 0 Å². The first kappa shape index (κ1) is 16.2. The third-order valence-corrected chi connectivity index (χ3v) is 3.46. The second kappa shape index (κ2) is 6.74. The summed E-state index contributed by atoms with van der Waals surface area (Å²) in [6, 6.07) is 11.2. The van der Waals surface area contributed by atoms with Crippen molar-refractivity contribution in [1.29, 1.82) is 0 Å². The Bertz CT molecular complexity index is 729. The maximum Gasteiger partial charge on any atom is 0.336 e. The largest absolute Gasteiger partial charge is 0.478 e. The molecule has 118 valence electrons. The zero-order valence-corrected chi connectivity index (χ0v) is 12.0. The van der Waals surface area contributed by atoms with Crippen LogP contribution in [-0.4, -0.2) is 33.2 Å². The number of rotatable bonds is 6. The Balaban J connectivity index is 2.48. The highest BCUT2D eigenvalue weighted by Gasteiger charge is 2.22. The molecule has 6 nitrogen and oxygen atoms in total. The van der Waals surface area contributed by atoms with Gasteiger partial charge in [-0.15, -0.1) is 0 Å². The fourth-order valence-electron chi connectivity index (χ4n) is 2.36. The number of hydrogen-bond donors (Lipinski definition) is 3. The maximum absolute atomic E-state index is 11.4. The van der Waals surface area contributed by atoms with Gasteiger partial charge >= 0.3 is 17.9 Å². The predicted molar refractivity (Wildman–Crippen MR) is 81.2 cm³/mol. The fraction of sp³-hybridized carbons (Fsp3) is 0.118. The van der Waals surface area contributed by atoms with Gasteiger partial charge in [0.05, 0.1) is 16.7 Å². The van der Waals surface area contributed by atoms with Crippen LogP contribution in [0.1, 0.15) is 42.2 Å². The molecule has 2 aromatic carbocycles. The number of aromatic carboxylic acids is 3. The molecular weight excluding hydrogens is 300 g/mol. The van der Waals surface area contributed by atoms with Gasteiger partial charge in [-0.05, 0) is 36.1 Å². The fourth-order valence-corrected chi connectivity index (χ4v) is 2.36. The molecule has 0 fully saturated rings. The zero-order valence-electron chi connectivity index (χ0n) is 12.0. The minimum Gasteiger partial charge on any atom is -0.478 e. The lowest BCUT2D eigenvalue weighted by molar-refractivity contribution is 0.0694. The smallest absolute Gasteiger partial charge is 0.336 e. The van der Waals surface area contributed by atoms with E-state index in [1.807, 2.05) is 30.3 Å². The van der Waals surface area contributed by atoms with Crippen molar-refractivity contribution >= 4 is 17.9 Å². The van der Waals surface area contributed by atoms with Crippen LogP contribution < -0.4 is 0 Å². The van der Waals surface area contributed by atoms with Crippen molar-refractivity contribution in [2.75, 3.05) is 0 Å². The highest BCUT2D eigenvalue weighted by Crippen LogP contribution is 2.21. The molecule has 0 aliphatic carbocycles. The zero-order chi connectivity index (χ0) is 17.0. The molecule has 0 saturated carbocycles. The third-order valence-electron chi connectivity index (χ3n) is 3.46. The van der Waals surface area contributed by atoms with Gasteiger partial charge in [-0.2, -0.15) is 0 Å². The van der Waals surface area contributed by atoms with Gasteiger partial charge in [0.15, 0.2) is 0 Å². The molecule has 0 heterocycles. The van der Waals surface area contributed by atoms with Gasteiger partial charge in [0.25, 0.3) is 0 Å². The van der Waals surface area contributed by atoms with E-state index in [0.717, 1.165) is 17.7 Å². The molecule has 0 unspecified atom stereocenters. The van der Waals surface area contributed by atoms with Crippen LogP contribution in [0.25, 0.3) is 0 Å². The second-order valence-corrected chi connectivity index (χ2v) is 4.95. The van der Waals surface area contributed by atoms with E-state index < -0.39 is 17.9 Å². The molecular formula is C17H14O6. The minimum atomic E-state index is -1.37. The van der Waals surface area contributed by atoms with E-state index in [9.17, 15) is 24.6 Å². The standard InChI is InChI=1S/C17H14O6/c18-15(19)11-8-13(16(20)21)12(14(9-11)17(22)23)7-6-10-4-2-1-3-5-10/h1-5,8-9H,6-7H2,(H,18,19)(H,20,21)(H,22,23). The molecule has 0 aromatic heterocycles. The van der Waals surface area contributed by atoms with E-state index in [-0.39, 0.29) is 28.7 Å². The van der Waals surface area contributed by atoms with Crippen molar-refractivity contribution in [2.45, 2.75) is 12.8 Å². The van der Waals surface area contributed by atoms with Crippen molar-refractivity contribution in [2.24, 2.45) is 0 Å². The van der Waals surface area contributed by atoms with Crippen molar-refractivity contribution in [3.63, 3.8) is 0 Å². The summed E-state index contributed by atoms with van der Waals surface area (Å²) in [6.45, 7) is 0. The molecule has 0 aliphatic rings. The lowest BCUT2D eigenvalue weighted by atomic mass is 9.92. The second-order valence-electron chi connectivity index (χ2n) is 4.95. The predicted octanol–water partition coefficient (Wildman–Crippen LogP) is 2.57. The number of carboxylic acids is 3. The molecule has 23 heavy (non-hydrogen) atoms. The van der Waals surface area contributed by atoms with E-state index in [4.69, 9.17) is 5.11 Å². The van der Waals surface area contributed by atoms with Crippen LogP contribution in [0.5, 0.6) is 0 Å². The van der Waals surface area contributed by atoms with Gasteiger partial charge in [-0.1, -0.05) is 30.3 Å². The van der Waals surface area contributed by atoms with Gasteiger partial charge in [-0.25, -0.2) is 14.4 Å². The number of hydrogen-bond acceptors (Lipinski definition) is 3. The highest BCUT2D eigenvalue weighted by molar-refractivity contribution is 6.01.